The number of hydrogen-bond donors (Lipinski definition) is 0. The molecule has 3 aliphatic rings. The minimum absolute atomic E-state index is 0.129. The second-order valence-corrected chi connectivity index (χ2v) is 11.5. The molecule has 2 aromatic rings. The molecule has 1 saturated carbocycles. The van der Waals surface area contributed by atoms with E-state index in [1.54, 1.807) is 12.1 Å². The maximum absolute atomic E-state index is 13.4. The van der Waals surface area contributed by atoms with E-state index in [0.717, 1.165) is 49.4 Å². The van der Waals surface area contributed by atoms with E-state index in [0.29, 0.717) is 23.7 Å². The molecule has 7 nitrogen and oxygen atoms in total. The number of aryl methyl sites for hydroxylation is 3. The number of ether oxygens (including phenoxy) is 1. The molecule has 0 radical (unpaired) electrons. The summed E-state index contributed by atoms with van der Waals surface area (Å²) in [5.74, 6) is -1.31. The van der Waals surface area contributed by atoms with Crippen molar-refractivity contribution in [2.75, 3.05) is 13.1 Å². The Bertz CT molecular complexity index is 1290. The van der Waals surface area contributed by atoms with Gasteiger partial charge in [0.05, 0.1) is 35.8 Å². The van der Waals surface area contributed by atoms with E-state index in [1.165, 1.54) is 16.7 Å². The van der Waals surface area contributed by atoms with Gasteiger partial charge in [-0.25, -0.2) is 0 Å². The third-order valence-electron chi connectivity index (χ3n) is 8.27. The van der Waals surface area contributed by atoms with E-state index < -0.39 is 17.9 Å². The maximum atomic E-state index is 13.4. The van der Waals surface area contributed by atoms with Crippen molar-refractivity contribution in [3.63, 3.8) is 0 Å². The monoisotopic (exact) mass is 530 g/mol. The van der Waals surface area contributed by atoms with Crippen LogP contribution in [0, 0.1) is 6.92 Å². The molecule has 1 aliphatic carbocycles. The van der Waals surface area contributed by atoms with E-state index in [-0.39, 0.29) is 36.9 Å². The number of piperidine rings is 1. The average molecular weight is 531 g/mol. The van der Waals surface area contributed by atoms with Crippen molar-refractivity contribution in [2.24, 2.45) is 0 Å². The number of benzene rings is 2. The predicted molar refractivity (Wildman–Crippen MR) is 148 cm³/mol. The minimum atomic E-state index is -0.841. The third kappa shape index (κ3) is 5.89. The van der Waals surface area contributed by atoms with Gasteiger partial charge in [0.25, 0.3) is 11.8 Å². The Hall–Kier alpha value is -3.16. The van der Waals surface area contributed by atoms with Crippen LogP contribution in [0.25, 0.3) is 0 Å². The molecule has 0 spiro atoms. The van der Waals surface area contributed by atoms with Gasteiger partial charge in [-0.1, -0.05) is 30.3 Å². The topological polar surface area (TPSA) is 84.0 Å². The summed E-state index contributed by atoms with van der Waals surface area (Å²) in [7, 11) is 0. The fourth-order valence-corrected chi connectivity index (χ4v) is 6.20. The van der Waals surface area contributed by atoms with Crippen molar-refractivity contribution in [1.82, 2.24) is 9.80 Å². The van der Waals surface area contributed by atoms with Crippen molar-refractivity contribution in [3.05, 3.63) is 69.8 Å². The van der Waals surface area contributed by atoms with Crippen LogP contribution in [0.2, 0.25) is 0 Å². The van der Waals surface area contributed by atoms with Crippen LogP contribution in [-0.2, 0) is 33.7 Å². The van der Waals surface area contributed by atoms with Gasteiger partial charge in [-0.2, -0.15) is 0 Å². The number of carbonyl (C=O) groups excluding carboxylic acids is 4. The first kappa shape index (κ1) is 27.4. The highest BCUT2D eigenvalue weighted by molar-refractivity contribution is 6.24. The van der Waals surface area contributed by atoms with Gasteiger partial charge in [-0.05, 0) is 81.2 Å². The zero-order chi connectivity index (χ0) is 27.7. The number of likely N-dealkylation sites (tertiary alicyclic amines) is 1. The summed E-state index contributed by atoms with van der Waals surface area (Å²) in [5.41, 5.74) is 5.36. The second-order valence-electron chi connectivity index (χ2n) is 11.5. The zero-order valence-electron chi connectivity index (χ0n) is 23.2. The Morgan fingerprint density at radius 1 is 0.923 bits per heavy atom. The fourth-order valence-electron chi connectivity index (χ4n) is 6.20. The highest BCUT2D eigenvalue weighted by Gasteiger charge is 2.45. The van der Waals surface area contributed by atoms with E-state index in [9.17, 15) is 19.2 Å². The van der Waals surface area contributed by atoms with Crippen LogP contribution < -0.4 is 0 Å². The van der Waals surface area contributed by atoms with Gasteiger partial charge in [0.2, 0.25) is 0 Å². The second kappa shape index (κ2) is 11.5. The van der Waals surface area contributed by atoms with Gasteiger partial charge in [-0.15, -0.1) is 0 Å². The number of imide groups is 1. The predicted octanol–water partition coefficient (Wildman–Crippen LogP) is 4.46. The molecular weight excluding hydrogens is 492 g/mol. The molecule has 5 rings (SSSR count). The number of fused-ring (bicyclic) bond motifs is 1. The summed E-state index contributed by atoms with van der Waals surface area (Å²) in [4.78, 5) is 54.3. The van der Waals surface area contributed by atoms with Gasteiger partial charge < -0.3 is 4.74 Å². The lowest BCUT2D eigenvalue weighted by Crippen LogP contribution is -2.47. The fraction of sp³-hybridized carbons (Fsp3) is 0.500. The van der Waals surface area contributed by atoms with Crippen LogP contribution in [0.3, 0.4) is 0 Å². The normalized spacial score (nSPS) is 20.8. The van der Waals surface area contributed by atoms with Crippen molar-refractivity contribution in [1.29, 1.82) is 0 Å². The lowest BCUT2D eigenvalue weighted by atomic mass is 9.92. The summed E-state index contributed by atoms with van der Waals surface area (Å²) < 4.78 is 5.98. The number of nitrogens with zero attached hydrogens (tertiary/aromatic N) is 2. The lowest BCUT2D eigenvalue weighted by Gasteiger charge is -2.33. The molecule has 0 aromatic heterocycles. The average Bonchev–Trinajstić information content (AvgIpc) is 3.15. The summed E-state index contributed by atoms with van der Waals surface area (Å²) >= 11 is 0. The highest BCUT2D eigenvalue weighted by atomic mass is 16.5. The summed E-state index contributed by atoms with van der Waals surface area (Å²) in [5, 5.41) is 0. The molecule has 7 heteroatoms. The lowest BCUT2D eigenvalue weighted by molar-refractivity contribution is -0.132. The summed E-state index contributed by atoms with van der Waals surface area (Å²) in [6.45, 7) is 9.37. The molecule has 2 fully saturated rings. The van der Waals surface area contributed by atoms with Gasteiger partial charge >= 0.3 is 0 Å². The molecule has 2 aromatic carbocycles. The van der Waals surface area contributed by atoms with E-state index in [4.69, 9.17) is 4.74 Å². The van der Waals surface area contributed by atoms with Crippen molar-refractivity contribution in [2.45, 2.75) is 90.5 Å². The third-order valence-corrected chi connectivity index (χ3v) is 8.27. The Labute approximate surface area is 230 Å². The molecule has 39 heavy (non-hydrogen) atoms. The number of hydrogen-bond acceptors (Lipinski definition) is 6. The molecule has 0 N–H and O–H groups in total. The first-order chi connectivity index (χ1) is 18.7. The molecule has 0 bridgehead atoms. The molecule has 1 saturated heterocycles. The van der Waals surface area contributed by atoms with Crippen LogP contribution in [0.15, 0.2) is 36.4 Å². The Morgan fingerprint density at radius 3 is 2.38 bits per heavy atom. The summed E-state index contributed by atoms with van der Waals surface area (Å²) in [6.07, 6.45) is 4.38. The first-order valence-corrected chi connectivity index (χ1v) is 14.2. The molecule has 2 heterocycles. The van der Waals surface area contributed by atoms with Crippen molar-refractivity contribution < 1.29 is 23.9 Å². The number of Topliss-reactive ketones (excluding diaryl/α,β-unsaturated/α-hetero) is 2. The van der Waals surface area contributed by atoms with Crippen LogP contribution in [0.1, 0.15) is 88.9 Å². The quantitative estimate of drug-likeness (QED) is 0.370. The number of amides is 2. The largest absolute Gasteiger partial charge is 0.375 e. The minimum Gasteiger partial charge on any atom is -0.375 e. The number of rotatable bonds is 8. The van der Waals surface area contributed by atoms with Gasteiger partial charge in [-0.3, -0.25) is 29.0 Å². The number of carbonyl (C=O) groups is 4. The summed E-state index contributed by atoms with van der Waals surface area (Å²) in [6, 6.07) is 11.1. The van der Waals surface area contributed by atoms with Crippen LogP contribution >= 0.6 is 0 Å². The van der Waals surface area contributed by atoms with Crippen LogP contribution in [-0.4, -0.2) is 64.5 Å². The number of ketones is 2. The first-order valence-electron chi connectivity index (χ1n) is 14.2. The molecule has 1 atom stereocenters. The van der Waals surface area contributed by atoms with Crippen molar-refractivity contribution in [3.8, 4) is 0 Å². The van der Waals surface area contributed by atoms with Crippen LogP contribution in [0.5, 0.6) is 0 Å². The van der Waals surface area contributed by atoms with E-state index in [1.807, 2.05) is 6.07 Å². The Morgan fingerprint density at radius 2 is 1.69 bits per heavy atom. The molecule has 1 unspecified atom stereocenters. The molecule has 2 aliphatic heterocycles. The maximum Gasteiger partial charge on any atom is 0.262 e. The molecule has 206 valence electrons. The van der Waals surface area contributed by atoms with Crippen LogP contribution in [0.4, 0.5) is 0 Å². The Balaban J connectivity index is 1.22. The van der Waals surface area contributed by atoms with Gasteiger partial charge in [0.1, 0.15) is 5.78 Å². The Kier molecular flexibility index (Phi) is 8.10. The van der Waals surface area contributed by atoms with E-state index >= 15 is 0 Å². The zero-order valence-corrected chi connectivity index (χ0v) is 23.2. The SMILES string of the molecule is Cc1cc(CCc2cccc3c2C(=O)N(C2CCC(=O)CC2=O)C3=O)ccc1CN1CCC(OC(C)C)CC1. The van der Waals surface area contributed by atoms with E-state index in [2.05, 4.69) is 43.9 Å². The highest BCUT2D eigenvalue weighted by Crippen LogP contribution is 2.32. The molecular formula is C32H38N2O5. The van der Waals surface area contributed by atoms with Gasteiger partial charge in [0, 0.05) is 26.1 Å². The molecule has 2 amide bonds. The van der Waals surface area contributed by atoms with Gasteiger partial charge in [0.15, 0.2) is 5.78 Å². The van der Waals surface area contributed by atoms with Crippen molar-refractivity contribution >= 4 is 23.4 Å². The smallest absolute Gasteiger partial charge is 0.262 e. The standard InChI is InChI=1S/C32H38N2O5/c1-20(2)39-26-13-15-33(16-14-26)19-24-10-8-22(17-21(24)3)7-9-23-5-4-6-27-30(23)32(38)34(31(27)37)28-12-11-25(35)18-29(28)36/h4-6,8,10,17,20,26,28H,7,9,11-16,18-19H2,1-3H3.